The minimum Gasteiger partial charge on any atom is -0.330 e. The zero-order valence-corrected chi connectivity index (χ0v) is 10.7. The summed E-state index contributed by atoms with van der Waals surface area (Å²) in [4.78, 5) is 13.7. The zero-order valence-electron chi connectivity index (χ0n) is 10.7. The Morgan fingerprint density at radius 2 is 2.35 bits per heavy atom. The number of amides is 1. The number of nitrogens with zero attached hydrogens (tertiary/aromatic N) is 3. The number of likely N-dealkylation sites (N-methyl/N-ethyl adjacent to an activating group) is 1. The number of nitrogens with two attached hydrogens (primary N) is 1. The van der Waals surface area contributed by atoms with E-state index < -0.39 is 0 Å². The van der Waals surface area contributed by atoms with Gasteiger partial charge in [-0.1, -0.05) is 6.92 Å². The molecule has 1 atom stereocenters. The normalized spacial score (nSPS) is 12.8. The van der Waals surface area contributed by atoms with Crippen molar-refractivity contribution in [2.75, 3.05) is 32.5 Å². The molecule has 1 unspecified atom stereocenters. The van der Waals surface area contributed by atoms with Crippen molar-refractivity contribution in [3.8, 4) is 0 Å². The van der Waals surface area contributed by atoms with Crippen LogP contribution in [0.5, 0.6) is 0 Å². The first kappa shape index (κ1) is 13.7. The van der Waals surface area contributed by atoms with Gasteiger partial charge in [-0.3, -0.25) is 9.48 Å². The molecule has 1 aromatic heterocycles. The van der Waals surface area contributed by atoms with Gasteiger partial charge in [-0.25, -0.2) is 0 Å². The molecule has 0 aromatic carbocycles. The molecule has 0 bridgehead atoms. The average Bonchev–Trinajstić information content (AvgIpc) is 2.73. The van der Waals surface area contributed by atoms with Crippen LogP contribution in [0.1, 0.15) is 6.92 Å². The molecule has 6 nitrogen and oxygen atoms in total. The molecule has 0 fully saturated rings. The predicted octanol–water partition coefficient (Wildman–Crippen LogP) is -0.0220. The Bertz CT molecular complexity index is 360. The highest BCUT2D eigenvalue weighted by Crippen LogP contribution is 2.04. The van der Waals surface area contributed by atoms with Crippen LogP contribution in [-0.4, -0.2) is 47.8 Å². The van der Waals surface area contributed by atoms with E-state index in [-0.39, 0.29) is 11.8 Å². The van der Waals surface area contributed by atoms with Crippen molar-refractivity contribution < 1.29 is 4.79 Å². The molecule has 3 N–H and O–H groups in total. The van der Waals surface area contributed by atoms with Crippen molar-refractivity contribution >= 4 is 11.7 Å². The van der Waals surface area contributed by atoms with Crippen LogP contribution in [0.25, 0.3) is 0 Å². The molecular formula is C11H21N5O. The minimum atomic E-state index is -0.193. The lowest BCUT2D eigenvalue weighted by Gasteiger charge is -2.09. The summed E-state index contributed by atoms with van der Waals surface area (Å²) in [5.74, 6) is 0.293. The van der Waals surface area contributed by atoms with E-state index in [4.69, 9.17) is 5.73 Å². The molecule has 0 aliphatic heterocycles. The summed E-state index contributed by atoms with van der Waals surface area (Å²) < 4.78 is 1.81. The van der Waals surface area contributed by atoms with E-state index in [2.05, 4.69) is 15.3 Å². The fraction of sp³-hybridized carbons (Fsp3) is 0.636. The van der Waals surface area contributed by atoms with E-state index in [1.807, 2.05) is 25.0 Å². The first-order chi connectivity index (χ1) is 8.02. The molecule has 0 aliphatic rings. The van der Waals surface area contributed by atoms with Gasteiger partial charge >= 0.3 is 0 Å². The van der Waals surface area contributed by atoms with Crippen molar-refractivity contribution in [2.24, 2.45) is 11.7 Å². The quantitative estimate of drug-likeness (QED) is 0.731. The summed E-state index contributed by atoms with van der Waals surface area (Å²) >= 11 is 0. The van der Waals surface area contributed by atoms with Crippen LogP contribution >= 0.6 is 0 Å². The van der Waals surface area contributed by atoms with Gasteiger partial charge in [-0.2, -0.15) is 5.10 Å². The van der Waals surface area contributed by atoms with Gasteiger partial charge in [-0.05, 0) is 14.1 Å². The SMILES string of the molecule is CC(CN)C(=O)Nc1ccn(CCN(C)C)n1. The molecule has 1 aromatic rings. The maximum Gasteiger partial charge on any atom is 0.229 e. The summed E-state index contributed by atoms with van der Waals surface area (Å²) in [5, 5.41) is 6.99. The van der Waals surface area contributed by atoms with Gasteiger partial charge < -0.3 is 16.0 Å². The average molecular weight is 239 g/mol. The lowest BCUT2D eigenvalue weighted by molar-refractivity contribution is -0.119. The molecule has 6 heteroatoms. The van der Waals surface area contributed by atoms with Crippen molar-refractivity contribution in [3.05, 3.63) is 12.3 Å². The summed E-state index contributed by atoms with van der Waals surface area (Å²) in [6.07, 6.45) is 1.85. The second kappa shape index (κ2) is 6.36. The zero-order chi connectivity index (χ0) is 12.8. The van der Waals surface area contributed by atoms with Gasteiger partial charge in [0.1, 0.15) is 0 Å². The van der Waals surface area contributed by atoms with Gasteiger partial charge in [0.05, 0.1) is 6.54 Å². The Hall–Kier alpha value is -1.40. The second-order valence-electron chi connectivity index (χ2n) is 4.39. The molecule has 1 heterocycles. The first-order valence-electron chi connectivity index (χ1n) is 5.72. The smallest absolute Gasteiger partial charge is 0.229 e. The van der Waals surface area contributed by atoms with E-state index in [0.29, 0.717) is 12.4 Å². The minimum absolute atomic E-state index is 0.0923. The molecular weight excluding hydrogens is 218 g/mol. The van der Waals surface area contributed by atoms with Gasteiger partial charge in [0.15, 0.2) is 5.82 Å². The fourth-order valence-electron chi connectivity index (χ4n) is 1.21. The van der Waals surface area contributed by atoms with Crippen molar-refractivity contribution in [3.63, 3.8) is 0 Å². The molecule has 17 heavy (non-hydrogen) atoms. The van der Waals surface area contributed by atoms with Crippen molar-refractivity contribution in [1.82, 2.24) is 14.7 Å². The number of rotatable bonds is 6. The lowest BCUT2D eigenvalue weighted by Crippen LogP contribution is -2.27. The molecule has 0 radical (unpaired) electrons. The third-order valence-corrected chi connectivity index (χ3v) is 2.47. The molecule has 1 rings (SSSR count). The Morgan fingerprint density at radius 3 is 2.94 bits per heavy atom. The van der Waals surface area contributed by atoms with Crippen LogP contribution < -0.4 is 11.1 Å². The summed E-state index contributed by atoms with van der Waals surface area (Å²) in [6.45, 7) is 3.84. The van der Waals surface area contributed by atoms with E-state index in [9.17, 15) is 4.79 Å². The van der Waals surface area contributed by atoms with E-state index in [0.717, 1.165) is 13.1 Å². The third kappa shape index (κ3) is 4.54. The maximum atomic E-state index is 11.6. The largest absolute Gasteiger partial charge is 0.330 e. The van der Waals surface area contributed by atoms with E-state index in [1.165, 1.54) is 0 Å². The highest BCUT2D eigenvalue weighted by Gasteiger charge is 2.11. The third-order valence-electron chi connectivity index (χ3n) is 2.47. The Morgan fingerprint density at radius 1 is 1.65 bits per heavy atom. The molecule has 0 saturated heterocycles. The molecule has 0 spiro atoms. The number of nitrogens with one attached hydrogen (secondary N) is 1. The number of hydrogen-bond donors (Lipinski definition) is 2. The molecule has 0 aliphatic carbocycles. The van der Waals surface area contributed by atoms with Gasteiger partial charge in [0, 0.05) is 31.3 Å². The second-order valence-corrected chi connectivity index (χ2v) is 4.39. The maximum absolute atomic E-state index is 11.6. The number of hydrogen-bond acceptors (Lipinski definition) is 4. The number of anilines is 1. The van der Waals surface area contributed by atoms with Gasteiger partial charge in [-0.15, -0.1) is 0 Å². The van der Waals surface area contributed by atoms with Crippen LogP contribution in [0, 0.1) is 5.92 Å². The van der Waals surface area contributed by atoms with Crippen LogP contribution in [-0.2, 0) is 11.3 Å². The van der Waals surface area contributed by atoms with Crippen LogP contribution in [0.2, 0.25) is 0 Å². The summed E-state index contributed by atoms with van der Waals surface area (Å²) in [7, 11) is 4.02. The van der Waals surface area contributed by atoms with Crippen molar-refractivity contribution in [1.29, 1.82) is 0 Å². The number of carbonyl (C=O) groups is 1. The Balaban J connectivity index is 2.48. The highest BCUT2D eigenvalue weighted by atomic mass is 16.1. The Labute approximate surface area is 102 Å². The van der Waals surface area contributed by atoms with E-state index >= 15 is 0 Å². The molecule has 0 saturated carbocycles. The van der Waals surface area contributed by atoms with Gasteiger partial charge in [0.2, 0.25) is 5.91 Å². The number of carbonyl (C=O) groups excluding carboxylic acids is 1. The van der Waals surface area contributed by atoms with Crippen LogP contribution in [0.15, 0.2) is 12.3 Å². The van der Waals surface area contributed by atoms with Crippen LogP contribution in [0.3, 0.4) is 0 Å². The van der Waals surface area contributed by atoms with Gasteiger partial charge in [0.25, 0.3) is 0 Å². The van der Waals surface area contributed by atoms with Crippen LogP contribution in [0.4, 0.5) is 5.82 Å². The van der Waals surface area contributed by atoms with Crippen molar-refractivity contribution in [2.45, 2.75) is 13.5 Å². The standard InChI is InChI=1S/C11H21N5O/c1-9(8-12)11(17)13-10-4-5-16(14-10)7-6-15(2)3/h4-5,9H,6-8,12H2,1-3H3,(H,13,14,17). The fourth-order valence-corrected chi connectivity index (χ4v) is 1.21. The Kier molecular flexibility index (Phi) is 5.11. The predicted molar refractivity (Wildman–Crippen MR) is 67.6 cm³/mol. The highest BCUT2D eigenvalue weighted by molar-refractivity contribution is 5.91. The number of aromatic nitrogens is 2. The summed E-state index contributed by atoms with van der Waals surface area (Å²) in [5.41, 5.74) is 5.42. The molecule has 1 amide bonds. The monoisotopic (exact) mass is 239 g/mol. The van der Waals surface area contributed by atoms with E-state index in [1.54, 1.807) is 13.0 Å². The molecule has 96 valence electrons. The topological polar surface area (TPSA) is 76.2 Å². The summed E-state index contributed by atoms with van der Waals surface area (Å²) in [6, 6.07) is 1.79. The first-order valence-corrected chi connectivity index (χ1v) is 5.72. The lowest BCUT2D eigenvalue weighted by atomic mass is 10.2.